The molecular formula is C44H51N7O6S. The molecule has 0 bridgehead atoms. The first-order valence-corrected chi connectivity index (χ1v) is 21.7. The van der Waals surface area contributed by atoms with Crippen molar-refractivity contribution < 1.29 is 27.5 Å². The summed E-state index contributed by atoms with van der Waals surface area (Å²) in [7, 11) is -4.21. The van der Waals surface area contributed by atoms with Gasteiger partial charge in [-0.25, -0.2) is 18.1 Å². The van der Waals surface area contributed by atoms with E-state index in [2.05, 4.69) is 52.9 Å². The molecule has 13 nitrogen and oxygen atoms in total. The molecular weight excluding hydrogens is 755 g/mol. The Morgan fingerprint density at radius 2 is 1.71 bits per heavy atom. The minimum absolute atomic E-state index is 0.0225. The molecule has 58 heavy (non-hydrogen) atoms. The van der Waals surface area contributed by atoms with Crippen LogP contribution in [0.1, 0.15) is 48.2 Å². The Labute approximate surface area is 339 Å². The van der Waals surface area contributed by atoms with E-state index in [0.29, 0.717) is 23.9 Å². The molecule has 0 aliphatic carbocycles. The number of nitrogens with zero attached hydrogens (tertiary/aromatic N) is 4. The Bertz CT molecular complexity index is 2350. The van der Waals surface area contributed by atoms with Crippen LogP contribution in [0.4, 0.5) is 11.4 Å². The highest BCUT2D eigenvalue weighted by Crippen LogP contribution is 2.33. The fraction of sp³-hybridized carbons (Fsp3) is 0.386. The van der Waals surface area contributed by atoms with E-state index in [0.717, 1.165) is 88.5 Å². The van der Waals surface area contributed by atoms with Crippen molar-refractivity contribution >= 4 is 44.2 Å². The summed E-state index contributed by atoms with van der Waals surface area (Å²) in [6, 6.07) is 23.8. The van der Waals surface area contributed by atoms with Crippen LogP contribution in [0.3, 0.4) is 0 Å². The second-order valence-electron chi connectivity index (χ2n) is 15.8. The number of H-pyrrole nitrogens is 1. The summed E-state index contributed by atoms with van der Waals surface area (Å²) in [6.45, 7) is 10.7. The highest BCUT2D eigenvalue weighted by atomic mass is 32.2. The first kappa shape index (κ1) is 39.4. The Balaban J connectivity index is 0.965. The molecule has 3 aromatic carbocycles. The van der Waals surface area contributed by atoms with Gasteiger partial charge in [-0.05, 0) is 84.8 Å². The molecule has 0 spiro atoms. The molecule has 5 heterocycles. The zero-order chi connectivity index (χ0) is 40.2. The lowest BCUT2D eigenvalue weighted by atomic mass is 9.92. The van der Waals surface area contributed by atoms with Gasteiger partial charge in [-0.2, -0.15) is 0 Å². The molecule has 5 aromatic rings. The van der Waals surface area contributed by atoms with Gasteiger partial charge in [-0.15, -0.1) is 0 Å². The zero-order valence-corrected chi connectivity index (χ0v) is 33.8. The lowest BCUT2D eigenvalue weighted by Gasteiger charge is -2.43. The van der Waals surface area contributed by atoms with Gasteiger partial charge in [0.2, 0.25) is 5.91 Å². The molecule has 3 aliphatic rings. The van der Waals surface area contributed by atoms with Crippen LogP contribution >= 0.6 is 0 Å². The van der Waals surface area contributed by atoms with Crippen LogP contribution in [0.2, 0.25) is 0 Å². The van der Waals surface area contributed by atoms with Gasteiger partial charge in [0.1, 0.15) is 17.1 Å². The van der Waals surface area contributed by atoms with Gasteiger partial charge in [-0.1, -0.05) is 38.1 Å². The first-order valence-electron chi connectivity index (χ1n) is 20.2. The predicted molar refractivity (Wildman–Crippen MR) is 224 cm³/mol. The summed E-state index contributed by atoms with van der Waals surface area (Å²) in [6.07, 6.45) is 6.16. The molecule has 8 rings (SSSR count). The van der Waals surface area contributed by atoms with Crippen LogP contribution in [-0.4, -0.2) is 98.5 Å². The minimum atomic E-state index is -4.21. The van der Waals surface area contributed by atoms with Crippen LogP contribution in [0.15, 0.2) is 96.2 Å². The zero-order valence-electron chi connectivity index (χ0n) is 33.0. The largest absolute Gasteiger partial charge is 0.455 e. The van der Waals surface area contributed by atoms with Crippen molar-refractivity contribution in [3.05, 3.63) is 108 Å². The number of amides is 2. The number of fused-ring (bicyclic) bond motifs is 2. The summed E-state index contributed by atoms with van der Waals surface area (Å²) in [5, 5.41) is 4.22. The van der Waals surface area contributed by atoms with E-state index in [1.165, 1.54) is 23.3 Å². The summed E-state index contributed by atoms with van der Waals surface area (Å²) in [5.41, 5.74) is 4.94. The molecule has 14 heteroatoms. The average Bonchev–Trinajstić information content (AvgIpc) is 3.71. The number of hydrogen-bond acceptors (Lipinski definition) is 10. The van der Waals surface area contributed by atoms with Crippen LogP contribution in [0, 0.1) is 11.8 Å². The highest BCUT2D eigenvalue weighted by Gasteiger charge is 2.33. The van der Waals surface area contributed by atoms with Gasteiger partial charge in [0.15, 0.2) is 0 Å². The number of rotatable bonds is 12. The van der Waals surface area contributed by atoms with Crippen LogP contribution in [0.5, 0.6) is 11.5 Å². The SMILES string of the molecule is CC(C)C(=O)N1Cc2ccccc2CC1CN1CCN(c2ccc(C(=O)NS(=O)(=O)c3ccc(NCC4CCOCC4)cc3)c(Oc3cnc4[nH]ccc4c3)c2)CC1. The molecule has 2 saturated heterocycles. The third-order valence-electron chi connectivity index (χ3n) is 11.5. The number of carbonyl (C=O) groups excluding carboxylic acids is 2. The van der Waals surface area contributed by atoms with E-state index in [1.54, 1.807) is 36.7 Å². The van der Waals surface area contributed by atoms with Crippen molar-refractivity contribution in [2.45, 2.75) is 50.6 Å². The molecule has 2 fully saturated rings. The molecule has 2 aromatic heterocycles. The summed E-state index contributed by atoms with van der Waals surface area (Å²) in [5.74, 6) is 0.418. The third-order valence-corrected chi connectivity index (χ3v) is 12.8. The van der Waals surface area contributed by atoms with E-state index in [1.807, 2.05) is 38.1 Å². The van der Waals surface area contributed by atoms with E-state index < -0.39 is 15.9 Å². The normalized spacial score (nSPS) is 17.9. The summed E-state index contributed by atoms with van der Waals surface area (Å²) >= 11 is 0. The number of sulfonamides is 1. The van der Waals surface area contributed by atoms with E-state index in [9.17, 15) is 18.0 Å². The second kappa shape index (κ2) is 17.2. The lowest BCUT2D eigenvalue weighted by Crippen LogP contribution is -2.55. The van der Waals surface area contributed by atoms with Crippen molar-refractivity contribution in [1.82, 2.24) is 24.5 Å². The summed E-state index contributed by atoms with van der Waals surface area (Å²) in [4.78, 5) is 41.3. The quantitative estimate of drug-likeness (QED) is 0.136. The number of nitrogens with one attached hydrogen (secondary N) is 3. The van der Waals surface area contributed by atoms with E-state index in [4.69, 9.17) is 9.47 Å². The monoisotopic (exact) mass is 805 g/mol. The van der Waals surface area contributed by atoms with Crippen molar-refractivity contribution in [3.8, 4) is 11.5 Å². The molecule has 1 atom stereocenters. The lowest BCUT2D eigenvalue weighted by molar-refractivity contribution is -0.138. The number of piperazine rings is 1. The average molecular weight is 806 g/mol. The fourth-order valence-corrected chi connectivity index (χ4v) is 9.08. The van der Waals surface area contributed by atoms with Crippen LogP contribution in [-0.2, 0) is 32.5 Å². The van der Waals surface area contributed by atoms with Crippen LogP contribution < -0.4 is 19.7 Å². The third kappa shape index (κ3) is 8.99. The molecule has 0 radical (unpaired) electrons. The smallest absolute Gasteiger partial charge is 0.268 e. The van der Waals surface area contributed by atoms with Crippen molar-refractivity contribution in [1.29, 1.82) is 0 Å². The maximum Gasteiger partial charge on any atom is 0.268 e. The van der Waals surface area contributed by atoms with Crippen molar-refractivity contribution in [2.24, 2.45) is 11.8 Å². The molecule has 0 saturated carbocycles. The van der Waals surface area contributed by atoms with Gasteiger partial charge >= 0.3 is 0 Å². The Morgan fingerprint density at radius 1 is 0.948 bits per heavy atom. The molecule has 3 aliphatic heterocycles. The first-order chi connectivity index (χ1) is 28.1. The number of ether oxygens (including phenoxy) is 2. The molecule has 1 unspecified atom stereocenters. The fourth-order valence-electron chi connectivity index (χ4n) is 8.11. The number of aromatic amines is 1. The Kier molecular flexibility index (Phi) is 11.7. The van der Waals surface area contributed by atoms with Crippen LogP contribution in [0.25, 0.3) is 11.0 Å². The van der Waals surface area contributed by atoms with Crippen molar-refractivity contribution in [2.75, 3.05) is 62.7 Å². The summed E-state index contributed by atoms with van der Waals surface area (Å²) < 4.78 is 41.0. The molecule has 2 amide bonds. The van der Waals surface area contributed by atoms with E-state index in [-0.39, 0.29) is 34.1 Å². The van der Waals surface area contributed by atoms with Gasteiger partial charge in [0, 0.05) is 100 Å². The number of carbonyl (C=O) groups is 2. The highest BCUT2D eigenvalue weighted by molar-refractivity contribution is 7.90. The Morgan fingerprint density at radius 3 is 2.47 bits per heavy atom. The van der Waals surface area contributed by atoms with E-state index >= 15 is 0 Å². The number of pyridine rings is 1. The maximum atomic E-state index is 13.8. The predicted octanol–water partition coefficient (Wildman–Crippen LogP) is 6.04. The molecule has 3 N–H and O–H groups in total. The standard InChI is InChI=1S/C44H51N7O6S/c1-30(2)44(53)51-28-34-6-4-3-5-32(34)23-37(51)29-49-17-19-50(20-18-49)36-9-12-40(41(25-36)57-38-24-33-13-16-45-42(33)47-27-38)43(52)48-58(54,55)39-10-7-35(8-11-39)46-26-31-14-21-56-22-15-31/h3-13,16,24-25,27,30-31,37,46H,14-15,17-23,26,28-29H2,1-2H3,(H,45,47)(H,48,52). The second-order valence-corrected chi connectivity index (χ2v) is 17.5. The van der Waals surface area contributed by atoms with Gasteiger partial charge in [0.05, 0.1) is 16.7 Å². The number of aromatic nitrogens is 2. The minimum Gasteiger partial charge on any atom is -0.455 e. The number of benzene rings is 3. The topological polar surface area (TPSA) is 149 Å². The van der Waals surface area contributed by atoms with Gasteiger partial charge < -0.3 is 29.6 Å². The number of anilines is 2. The van der Waals surface area contributed by atoms with Gasteiger partial charge in [-0.3, -0.25) is 14.5 Å². The maximum absolute atomic E-state index is 13.8. The van der Waals surface area contributed by atoms with Crippen molar-refractivity contribution in [3.63, 3.8) is 0 Å². The number of hydrogen-bond donors (Lipinski definition) is 3. The van der Waals surface area contributed by atoms with Gasteiger partial charge in [0.25, 0.3) is 15.9 Å². The Hall–Kier alpha value is -5.44. The molecule has 304 valence electrons.